The predicted molar refractivity (Wildman–Crippen MR) is 66.7 cm³/mol. The van der Waals surface area contributed by atoms with Crippen LogP contribution in [-0.4, -0.2) is 38.8 Å². The molecule has 2 rings (SSSR count). The molecule has 1 amide bonds. The van der Waals surface area contributed by atoms with Gasteiger partial charge in [0.05, 0.1) is 0 Å². The van der Waals surface area contributed by atoms with Crippen LogP contribution in [0.25, 0.3) is 0 Å². The van der Waals surface area contributed by atoms with E-state index in [4.69, 9.17) is 4.74 Å². The molecule has 0 aromatic carbocycles. The Hall–Kier alpha value is -0.610. The van der Waals surface area contributed by atoms with E-state index in [0.717, 1.165) is 51.6 Å². The number of amides is 1. The number of rotatable bonds is 4. The van der Waals surface area contributed by atoms with E-state index in [1.54, 1.807) is 0 Å². The van der Waals surface area contributed by atoms with Gasteiger partial charge in [0.25, 0.3) is 0 Å². The largest absolute Gasteiger partial charge is 0.381 e. The minimum absolute atomic E-state index is 0.158. The first-order valence-corrected chi connectivity index (χ1v) is 6.83. The first-order chi connectivity index (χ1) is 8.27. The summed E-state index contributed by atoms with van der Waals surface area (Å²) in [6.45, 7) is 6.64. The number of nitrogens with one attached hydrogen (secondary N) is 2. The SMILES string of the molecule is CC1COCCC1C(=O)NCCC1CCNC1. The molecule has 98 valence electrons. The molecule has 3 atom stereocenters. The summed E-state index contributed by atoms with van der Waals surface area (Å²) in [5.41, 5.74) is 0. The molecule has 4 nitrogen and oxygen atoms in total. The van der Waals surface area contributed by atoms with Crippen LogP contribution in [0.5, 0.6) is 0 Å². The molecule has 0 radical (unpaired) electrons. The Kier molecular flexibility index (Phi) is 4.80. The maximum Gasteiger partial charge on any atom is 0.223 e. The van der Waals surface area contributed by atoms with Crippen molar-refractivity contribution in [2.45, 2.75) is 26.2 Å². The van der Waals surface area contributed by atoms with Crippen LogP contribution >= 0.6 is 0 Å². The van der Waals surface area contributed by atoms with Crippen molar-refractivity contribution >= 4 is 5.91 Å². The average Bonchev–Trinajstić information content (AvgIpc) is 2.82. The Balaban J connectivity index is 1.65. The number of carbonyl (C=O) groups excluding carboxylic acids is 1. The molecule has 2 fully saturated rings. The van der Waals surface area contributed by atoms with Crippen LogP contribution in [-0.2, 0) is 9.53 Å². The van der Waals surface area contributed by atoms with E-state index >= 15 is 0 Å². The van der Waals surface area contributed by atoms with Gasteiger partial charge in [0.1, 0.15) is 0 Å². The lowest BCUT2D eigenvalue weighted by molar-refractivity contribution is -0.130. The standard InChI is InChI=1S/C13H24N2O2/c1-10-9-17-7-4-12(10)13(16)15-6-3-11-2-5-14-8-11/h10-12,14H,2-9H2,1H3,(H,15,16). The third kappa shape index (κ3) is 3.68. The molecule has 2 saturated heterocycles. The molecule has 4 heteroatoms. The van der Waals surface area contributed by atoms with E-state index in [1.165, 1.54) is 6.42 Å². The van der Waals surface area contributed by atoms with Gasteiger partial charge in [-0.3, -0.25) is 4.79 Å². The van der Waals surface area contributed by atoms with E-state index in [-0.39, 0.29) is 11.8 Å². The van der Waals surface area contributed by atoms with Crippen molar-refractivity contribution in [3.05, 3.63) is 0 Å². The second kappa shape index (κ2) is 6.36. The first-order valence-electron chi connectivity index (χ1n) is 6.83. The quantitative estimate of drug-likeness (QED) is 0.763. The van der Waals surface area contributed by atoms with Crippen molar-refractivity contribution in [2.75, 3.05) is 32.8 Å². The summed E-state index contributed by atoms with van der Waals surface area (Å²) in [4.78, 5) is 12.0. The molecule has 0 bridgehead atoms. The molecule has 0 aromatic rings. The monoisotopic (exact) mass is 240 g/mol. The van der Waals surface area contributed by atoms with Crippen molar-refractivity contribution in [1.29, 1.82) is 0 Å². The van der Waals surface area contributed by atoms with Gasteiger partial charge in [0.15, 0.2) is 0 Å². The summed E-state index contributed by atoms with van der Waals surface area (Å²) in [5, 5.41) is 6.44. The zero-order valence-electron chi connectivity index (χ0n) is 10.7. The van der Waals surface area contributed by atoms with Crippen molar-refractivity contribution in [1.82, 2.24) is 10.6 Å². The van der Waals surface area contributed by atoms with Gasteiger partial charge in [0.2, 0.25) is 5.91 Å². The van der Waals surface area contributed by atoms with Gasteiger partial charge >= 0.3 is 0 Å². The smallest absolute Gasteiger partial charge is 0.223 e. The number of hydrogen-bond donors (Lipinski definition) is 2. The molecule has 2 aliphatic heterocycles. The molecule has 0 aromatic heterocycles. The summed E-state index contributed by atoms with van der Waals surface area (Å²) < 4.78 is 5.36. The lowest BCUT2D eigenvalue weighted by Crippen LogP contribution is -2.39. The lowest BCUT2D eigenvalue weighted by Gasteiger charge is -2.27. The van der Waals surface area contributed by atoms with Crippen molar-refractivity contribution in [3.8, 4) is 0 Å². The minimum Gasteiger partial charge on any atom is -0.381 e. The van der Waals surface area contributed by atoms with Gasteiger partial charge < -0.3 is 15.4 Å². The molecule has 2 N–H and O–H groups in total. The summed E-state index contributed by atoms with van der Waals surface area (Å²) in [7, 11) is 0. The van der Waals surface area contributed by atoms with Crippen LogP contribution in [0.2, 0.25) is 0 Å². The second-order valence-electron chi connectivity index (χ2n) is 5.39. The molecule has 0 saturated carbocycles. The van der Waals surface area contributed by atoms with Gasteiger partial charge in [-0.15, -0.1) is 0 Å². The summed E-state index contributed by atoms with van der Waals surface area (Å²) in [5.74, 6) is 1.50. The zero-order valence-corrected chi connectivity index (χ0v) is 10.7. The van der Waals surface area contributed by atoms with E-state index < -0.39 is 0 Å². The van der Waals surface area contributed by atoms with E-state index in [9.17, 15) is 4.79 Å². The molecule has 2 aliphatic rings. The Morgan fingerprint density at radius 1 is 1.47 bits per heavy atom. The van der Waals surface area contributed by atoms with Crippen molar-refractivity contribution in [2.24, 2.45) is 17.8 Å². The third-order valence-electron chi connectivity index (χ3n) is 3.99. The first kappa shape index (κ1) is 12.8. The van der Waals surface area contributed by atoms with Gasteiger partial charge in [-0.05, 0) is 44.2 Å². The highest BCUT2D eigenvalue weighted by Crippen LogP contribution is 2.21. The molecular formula is C13H24N2O2. The van der Waals surface area contributed by atoms with Crippen molar-refractivity contribution in [3.63, 3.8) is 0 Å². The third-order valence-corrected chi connectivity index (χ3v) is 3.99. The van der Waals surface area contributed by atoms with E-state index in [1.807, 2.05) is 0 Å². The Morgan fingerprint density at radius 3 is 3.06 bits per heavy atom. The second-order valence-corrected chi connectivity index (χ2v) is 5.39. The van der Waals surface area contributed by atoms with Gasteiger partial charge in [-0.1, -0.05) is 6.92 Å². The fourth-order valence-corrected chi connectivity index (χ4v) is 2.76. The van der Waals surface area contributed by atoms with E-state index in [0.29, 0.717) is 5.92 Å². The van der Waals surface area contributed by atoms with Crippen LogP contribution in [0.1, 0.15) is 26.2 Å². The number of ether oxygens (including phenoxy) is 1. The highest BCUT2D eigenvalue weighted by Gasteiger charge is 2.28. The van der Waals surface area contributed by atoms with Crippen LogP contribution in [0, 0.1) is 17.8 Å². The summed E-state index contributed by atoms with van der Waals surface area (Å²) in [6.07, 6.45) is 3.23. The Bertz CT molecular complexity index is 252. The van der Waals surface area contributed by atoms with Crippen LogP contribution < -0.4 is 10.6 Å². The Labute approximate surface area is 103 Å². The fraction of sp³-hybridized carbons (Fsp3) is 0.923. The van der Waals surface area contributed by atoms with Crippen LogP contribution in [0.3, 0.4) is 0 Å². The molecule has 3 unspecified atom stereocenters. The molecule has 17 heavy (non-hydrogen) atoms. The maximum atomic E-state index is 12.0. The van der Waals surface area contributed by atoms with Crippen LogP contribution in [0.4, 0.5) is 0 Å². The summed E-state index contributed by atoms with van der Waals surface area (Å²) >= 11 is 0. The minimum atomic E-state index is 0.158. The summed E-state index contributed by atoms with van der Waals surface area (Å²) in [6, 6.07) is 0. The highest BCUT2D eigenvalue weighted by molar-refractivity contribution is 5.78. The molecule has 0 aliphatic carbocycles. The van der Waals surface area contributed by atoms with Gasteiger partial charge in [-0.2, -0.15) is 0 Å². The average molecular weight is 240 g/mol. The highest BCUT2D eigenvalue weighted by atomic mass is 16.5. The number of carbonyl (C=O) groups is 1. The predicted octanol–water partition coefficient (Wildman–Crippen LogP) is 0.775. The number of hydrogen-bond acceptors (Lipinski definition) is 3. The van der Waals surface area contributed by atoms with E-state index in [2.05, 4.69) is 17.6 Å². The van der Waals surface area contributed by atoms with Crippen LogP contribution in [0.15, 0.2) is 0 Å². The maximum absolute atomic E-state index is 12.0. The lowest BCUT2D eigenvalue weighted by atomic mass is 9.89. The molecule has 0 spiro atoms. The van der Waals surface area contributed by atoms with Crippen molar-refractivity contribution < 1.29 is 9.53 Å². The fourth-order valence-electron chi connectivity index (χ4n) is 2.76. The van der Waals surface area contributed by atoms with Gasteiger partial charge in [-0.25, -0.2) is 0 Å². The molecule has 2 heterocycles. The molecular weight excluding hydrogens is 216 g/mol. The zero-order chi connectivity index (χ0) is 12.1. The normalized spacial score (nSPS) is 33.6. The topological polar surface area (TPSA) is 50.4 Å². The van der Waals surface area contributed by atoms with Gasteiger partial charge in [0, 0.05) is 25.7 Å². The Morgan fingerprint density at radius 2 is 2.35 bits per heavy atom.